The highest BCUT2D eigenvalue weighted by molar-refractivity contribution is 5.89. The Morgan fingerprint density at radius 1 is 1.36 bits per heavy atom. The Labute approximate surface area is 68.8 Å². The lowest BCUT2D eigenvalue weighted by Crippen LogP contribution is -1.89. The summed E-state index contributed by atoms with van der Waals surface area (Å²) in [6.45, 7) is 3.99. The van der Waals surface area contributed by atoms with E-state index in [0.717, 1.165) is 12.8 Å². The van der Waals surface area contributed by atoms with Crippen LogP contribution in [-0.2, 0) is 4.79 Å². The minimum atomic E-state index is 0.227. The number of hydrogen-bond acceptors (Lipinski definition) is 1. The molecule has 0 atom stereocenters. The summed E-state index contributed by atoms with van der Waals surface area (Å²) in [4.78, 5) is 11.0. The first-order chi connectivity index (χ1) is 5.31. The van der Waals surface area contributed by atoms with Crippen molar-refractivity contribution in [1.82, 2.24) is 0 Å². The fourth-order valence-corrected chi connectivity index (χ4v) is 0.725. The molecule has 0 amide bonds. The quantitative estimate of drug-likeness (QED) is 0.437. The zero-order valence-electron chi connectivity index (χ0n) is 7.34. The van der Waals surface area contributed by atoms with Gasteiger partial charge in [0.15, 0.2) is 5.78 Å². The average Bonchev–Trinajstić information content (AvgIpc) is 2.01. The number of hydrogen-bond donors (Lipinski definition) is 0. The van der Waals surface area contributed by atoms with Crippen LogP contribution in [0.25, 0.3) is 0 Å². The van der Waals surface area contributed by atoms with Gasteiger partial charge >= 0.3 is 0 Å². The molecule has 11 heavy (non-hydrogen) atoms. The van der Waals surface area contributed by atoms with Gasteiger partial charge in [0.2, 0.25) is 0 Å². The molecule has 0 aromatic rings. The third-order valence-electron chi connectivity index (χ3n) is 1.33. The van der Waals surface area contributed by atoms with Crippen molar-refractivity contribution in [3.05, 3.63) is 24.3 Å². The molecule has 0 aromatic carbocycles. The second-order valence-electron chi connectivity index (χ2n) is 2.38. The Hall–Kier alpha value is -0.850. The maximum Gasteiger partial charge on any atom is 0.155 e. The predicted molar refractivity (Wildman–Crippen MR) is 48.5 cm³/mol. The van der Waals surface area contributed by atoms with Crippen LogP contribution in [-0.4, -0.2) is 5.78 Å². The van der Waals surface area contributed by atoms with Crippen molar-refractivity contribution in [2.45, 2.75) is 33.1 Å². The largest absolute Gasteiger partial charge is 0.295 e. The van der Waals surface area contributed by atoms with Crippen LogP contribution in [0.4, 0.5) is 0 Å². The standard InChI is InChI=1S/C10H16O/c1-3-5-7-9-10(11)8-6-4-2/h3,5-6,8H,4,7,9H2,1-2H3. The van der Waals surface area contributed by atoms with Gasteiger partial charge in [-0.15, -0.1) is 0 Å². The molecule has 0 aromatic heterocycles. The molecule has 0 radical (unpaired) electrons. The fourth-order valence-electron chi connectivity index (χ4n) is 0.725. The van der Waals surface area contributed by atoms with Crippen LogP contribution in [0.3, 0.4) is 0 Å². The Kier molecular flexibility index (Phi) is 6.70. The molecule has 0 heterocycles. The van der Waals surface area contributed by atoms with E-state index in [2.05, 4.69) is 0 Å². The summed E-state index contributed by atoms with van der Waals surface area (Å²) in [7, 11) is 0. The first-order valence-electron chi connectivity index (χ1n) is 4.11. The second-order valence-corrected chi connectivity index (χ2v) is 2.38. The molecule has 1 nitrogen and oxygen atoms in total. The van der Waals surface area contributed by atoms with Gasteiger partial charge in [-0.1, -0.05) is 25.2 Å². The predicted octanol–water partition coefficient (Wildman–Crippen LogP) is 2.88. The van der Waals surface area contributed by atoms with Crippen LogP contribution in [0.15, 0.2) is 24.3 Å². The van der Waals surface area contributed by atoms with Gasteiger partial charge in [0.05, 0.1) is 0 Å². The molecule has 0 N–H and O–H groups in total. The van der Waals surface area contributed by atoms with Gasteiger partial charge in [0.1, 0.15) is 0 Å². The molecule has 1 heteroatoms. The smallest absolute Gasteiger partial charge is 0.155 e. The Balaban J connectivity index is 3.45. The van der Waals surface area contributed by atoms with Crippen LogP contribution >= 0.6 is 0 Å². The van der Waals surface area contributed by atoms with Crippen molar-refractivity contribution in [3.63, 3.8) is 0 Å². The molecule has 0 fully saturated rings. The van der Waals surface area contributed by atoms with Crippen molar-refractivity contribution in [1.29, 1.82) is 0 Å². The minimum absolute atomic E-state index is 0.227. The van der Waals surface area contributed by atoms with Gasteiger partial charge < -0.3 is 0 Å². The SMILES string of the molecule is CC=CCCC(=O)C=CCC. The molecule has 0 saturated heterocycles. The maximum absolute atomic E-state index is 11.0. The van der Waals surface area contributed by atoms with E-state index < -0.39 is 0 Å². The number of rotatable bonds is 5. The minimum Gasteiger partial charge on any atom is -0.295 e. The van der Waals surface area contributed by atoms with Gasteiger partial charge in [-0.25, -0.2) is 0 Å². The summed E-state index contributed by atoms with van der Waals surface area (Å²) in [6.07, 6.45) is 10.00. The molecule has 0 rings (SSSR count). The summed E-state index contributed by atoms with van der Waals surface area (Å²) in [5, 5.41) is 0. The van der Waals surface area contributed by atoms with E-state index >= 15 is 0 Å². The Bertz CT molecular complexity index is 154. The maximum atomic E-state index is 11.0. The highest BCUT2D eigenvalue weighted by Gasteiger charge is 1.91. The number of ketones is 1. The molecule has 0 aliphatic carbocycles. The van der Waals surface area contributed by atoms with Gasteiger partial charge in [-0.2, -0.15) is 0 Å². The van der Waals surface area contributed by atoms with E-state index in [-0.39, 0.29) is 5.78 Å². The van der Waals surface area contributed by atoms with Crippen molar-refractivity contribution in [2.75, 3.05) is 0 Å². The van der Waals surface area contributed by atoms with Gasteiger partial charge in [0, 0.05) is 6.42 Å². The zero-order valence-corrected chi connectivity index (χ0v) is 7.34. The molecule has 0 unspecified atom stereocenters. The number of carbonyl (C=O) groups is 1. The van der Waals surface area contributed by atoms with Crippen LogP contribution in [0.5, 0.6) is 0 Å². The van der Waals surface area contributed by atoms with Crippen molar-refractivity contribution in [3.8, 4) is 0 Å². The average molecular weight is 152 g/mol. The molecular formula is C10H16O. The summed E-state index contributed by atoms with van der Waals surface area (Å²) >= 11 is 0. The Morgan fingerprint density at radius 3 is 2.64 bits per heavy atom. The Morgan fingerprint density at radius 2 is 2.09 bits per heavy atom. The number of carbonyl (C=O) groups excluding carboxylic acids is 1. The highest BCUT2D eigenvalue weighted by Crippen LogP contribution is 1.94. The molecular weight excluding hydrogens is 136 g/mol. The van der Waals surface area contributed by atoms with Gasteiger partial charge in [-0.3, -0.25) is 4.79 Å². The summed E-state index contributed by atoms with van der Waals surface area (Å²) in [5.74, 6) is 0.227. The zero-order chi connectivity index (χ0) is 8.53. The summed E-state index contributed by atoms with van der Waals surface area (Å²) in [6, 6.07) is 0. The lowest BCUT2D eigenvalue weighted by Gasteiger charge is -1.88. The van der Waals surface area contributed by atoms with E-state index in [1.54, 1.807) is 6.08 Å². The molecule has 0 saturated carbocycles. The van der Waals surface area contributed by atoms with Gasteiger partial charge in [-0.05, 0) is 25.8 Å². The van der Waals surface area contributed by atoms with Crippen LogP contribution in [0.1, 0.15) is 33.1 Å². The summed E-state index contributed by atoms with van der Waals surface area (Å²) < 4.78 is 0. The van der Waals surface area contributed by atoms with Crippen LogP contribution in [0, 0.1) is 0 Å². The molecule has 0 spiro atoms. The van der Waals surface area contributed by atoms with Crippen molar-refractivity contribution >= 4 is 5.78 Å². The third-order valence-corrected chi connectivity index (χ3v) is 1.33. The van der Waals surface area contributed by atoms with Crippen LogP contribution in [0.2, 0.25) is 0 Å². The molecule has 0 aliphatic heterocycles. The van der Waals surface area contributed by atoms with Crippen molar-refractivity contribution in [2.24, 2.45) is 0 Å². The van der Waals surface area contributed by atoms with E-state index in [4.69, 9.17) is 0 Å². The summed E-state index contributed by atoms with van der Waals surface area (Å²) in [5.41, 5.74) is 0. The lowest BCUT2D eigenvalue weighted by atomic mass is 10.2. The highest BCUT2D eigenvalue weighted by atomic mass is 16.1. The third kappa shape index (κ3) is 7.04. The molecule has 62 valence electrons. The topological polar surface area (TPSA) is 17.1 Å². The first kappa shape index (κ1) is 10.2. The van der Waals surface area contributed by atoms with Crippen LogP contribution < -0.4 is 0 Å². The van der Waals surface area contributed by atoms with E-state index in [1.165, 1.54) is 0 Å². The molecule has 0 bridgehead atoms. The monoisotopic (exact) mass is 152 g/mol. The van der Waals surface area contributed by atoms with Gasteiger partial charge in [0.25, 0.3) is 0 Å². The lowest BCUT2D eigenvalue weighted by molar-refractivity contribution is -0.114. The van der Waals surface area contributed by atoms with Crippen molar-refractivity contribution < 1.29 is 4.79 Å². The van der Waals surface area contributed by atoms with E-state index in [9.17, 15) is 4.79 Å². The number of allylic oxidation sites excluding steroid dienone is 4. The second kappa shape index (κ2) is 7.26. The normalized spacial score (nSPS) is 11.5. The fraction of sp³-hybridized carbons (Fsp3) is 0.500. The first-order valence-corrected chi connectivity index (χ1v) is 4.11. The molecule has 0 aliphatic rings. The van der Waals surface area contributed by atoms with E-state index in [1.807, 2.05) is 32.1 Å². The van der Waals surface area contributed by atoms with E-state index in [0.29, 0.717) is 6.42 Å².